The van der Waals surface area contributed by atoms with Gasteiger partial charge in [-0.15, -0.1) is 0 Å². The molecule has 1 amide bonds. The molecule has 0 aliphatic carbocycles. The topological polar surface area (TPSA) is 90.7 Å². The average Bonchev–Trinajstić information content (AvgIpc) is 2.59. The van der Waals surface area contributed by atoms with Gasteiger partial charge in [0.15, 0.2) is 6.10 Å². The summed E-state index contributed by atoms with van der Waals surface area (Å²) in [6.45, 7) is 3.33. The van der Waals surface area contributed by atoms with Crippen molar-refractivity contribution in [3.63, 3.8) is 0 Å². The number of nitro benzene ring substituents is 1. The number of carbonyl (C=O) groups is 1. The van der Waals surface area contributed by atoms with Crippen LogP contribution in [-0.4, -0.2) is 24.0 Å². The van der Waals surface area contributed by atoms with E-state index in [1.807, 2.05) is 0 Å². The number of ether oxygens (including phenoxy) is 2. The molecule has 26 heavy (non-hydrogen) atoms. The van der Waals surface area contributed by atoms with Gasteiger partial charge in [-0.05, 0) is 31.5 Å². The number of methoxy groups -OCH3 is 1. The smallest absolute Gasteiger partial charge is 0.271 e. The molecular formula is C17H16Cl2N2O5. The fourth-order valence-electron chi connectivity index (χ4n) is 2.11. The lowest BCUT2D eigenvalue weighted by Crippen LogP contribution is -2.30. The van der Waals surface area contributed by atoms with Gasteiger partial charge in [-0.2, -0.15) is 0 Å². The summed E-state index contributed by atoms with van der Waals surface area (Å²) in [5.41, 5.74) is 1.06. The number of rotatable bonds is 6. The molecule has 0 saturated heterocycles. The Hall–Kier alpha value is -2.51. The summed E-state index contributed by atoms with van der Waals surface area (Å²) in [5, 5.41) is 14.0. The fraction of sp³-hybridized carbons (Fsp3) is 0.235. The lowest BCUT2D eigenvalue weighted by atomic mass is 10.2. The predicted molar refractivity (Wildman–Crippen MR) is 99.6 cm³/mol. The van der Waals surface area contributed by atoms with Crippen LogP contribution in [0.1, 0.15) is 12.5 Å². The first-order valence-corrected chi connectivity index (χ1v) is 8.24. The van der Waals surface area contributed by atoms with Crippen LogP contribution in [0.25, 0.3) is 0 Å². The van der Waals surface area contributed by atoms with Crippen molar-refractivity contribution in [1.29, 1.82) is 0 Å². The van der Waals surface area contributed by atoms with E-state index in [1.165, 1.54) is 26.2 Å². The van der Waals surface area contributed by atoms with Crippen molar-refractivity contribution in [3.05, 3.63) is 56.1 Å². The number of halogens is 2. The van der Waals surface area contributed by atoms with Gasteiger partial charge in [-0.1, -0.05) is 23.2 Å². The van der Waals surface area contributed by atoms with Crippen molar-refractivity contribution in [2.45, 2.75) is 20.0 Å². The van der Waals surface area contributed by atoms with Crippen LogP contribution in [0.2, 0.25) is 10.0 Å². The highest BCUT2D eigenvalue weighted by Gasteiger charge is 2.19. The van der Waals surface area contributed by atoms with Crippen molar-refractivity contribution < 1.29 is 19.2 Å². The van der Waals surface area contributed by atoms with E-state index in [2.05, 4.69) is 5.32 Å². The third-order valence-electron chi connectivity index (χ3n) is 3.54. The van der Waals surface area contributed by atoms with Crippen LogP contribution >= 0.6 is 23.2 Å². The van der Waals surface area contributed by atoms with E-state index in [1.54, 1.807) is 19.1 Å². The zero-order chi connectivity index (χ0) is 19.4. The molecule has 2 aromatic rings. The van der Waals surface area contributed by atoms with Gasteiger partial charge in [0, 0.05) is 23.2 Å². The molecule has 1 N–H and O–H groups in total. The normalized spacial score (nSPS) is 11.6. The van der Waals surface area contributed by atoms with Gasteiger partial charge in [0.2, 0.25) is 0 Å². The van der Waals surface area contributed by atoms with Gasteiger partial charge < -0.3 is 14.8 Å². The number of hydrogen-bond acceptors (Lipinski definition) is 5. The van der Waals surface area contributed by atoms with Gasteiger partial charge in [-0.25, -0.2) is 0 Å². The summed E-state index contributed by atoms with van der Waals surface area (Å²) in [7, 11) is 1.47. The highest BCUT2D eigenvalue weighted by molar-refractivity contribution is 6.32. The number of benzene rings is 2. The first-order chi connectivity index (χ1) is 12.2. The predicted octanol–water partition coefficient (Wildman–Crippen LogP) is 4.62. The van der Waals surface area contributed by atoms with Gasteiger partial charge in [0.1, 0.15) is 11.5 Å². The van der Waals surface area contributed by atoms with Crippen molar-refractivity contribution >= 4 is 40.5 Å². The second-order valence-corrected chi connectivity index (χ2v) is 6.24. The van der Waals surface area contributed by atoms with E-state index in [4.69, 9.17) is 32.7 Å². The van der Waals surface area contributed by atoms with Crippen molar-refractivity contribution in [2.24, 2.45) is 0 Å². The van der Waals surface area contributed by atoms with Crippen LogP contribution in [0, 0.1) is 17.0 Å². The van der Waals surface area contributed by atoms with Gasteiger partial charge in [-0.3, -0.25) is 14.9 Å². The lowest BCUT2D eigenvalue weighted by Gasteiger charge is -2.17. The van der Waals surface area contributed by atoms with Crippen molar-refractivity contribution in [3.8, 4) is 11.5 Å². The van der Waals surface area contributed by atoms with Crippen LogP contribution in [0.15, 0.2) is 30.3 Å². The molecule has 0 aliphatic rings. The van der Waals surface area contributed by atoms with Gasteiger partial charge in [0.05, 0.1) is 22.7 Å². The molecular weight excluding hydrogens is 383 g/mol. The molecule has 1 atom stereocenters. The average molecular weight is 399 g/mol. The minimum atomic E-state index is -0.908. The van der Waals surface area contributed by atoms with E-state index in [9.17, 15) is 14.9 Å². The van der Waals surface area contributed by atoms with Crippen LogP contribution in [-0.2, 0) is 4.79 Å². The van der Waals surface area contributed by atoms with Crippen molar-refractivity contribution in [1.82, 2.24) is 0 Å². The standard InChI is InChI=1S/C17H16Cl2N2O5/c1-9-6-14(16(25-3)8-12(9)18)20-17(22)10(2)26-15-5-4-11(21(23)24)7-13(15)19/h4-8,10H,1-3H3,(H,20,22)/t10-/m0/s1. The Balaban J connectivity index is 2.13. The van der Waals surface area contributed by atoms with E-state index in [0.717, 1.165) is 11.6 Å². The van der Waals surface area contributed by atoms with Crippen LogP contribution in [0.4, 0.5) is 11.4 Å². The van der Waals surface area contributed by atoms with E-state index in [-0.39, 0.29) is 16.5 Å². The third kappa shape index (κ3) is 4.56. The van der Waals surface area contributed by atoms with E-state index >= 15 is 0 Å². The molecule has 0 radical (unpaired) electrons. The maximum Gasteiger partial charge on any atom is 0.271 e. The molecule has 0 saturated carbocycles. The Labute approximate surface area is 160 Å². The maximum absolute atomic E-state index is 12.4. The summed E-state index contributed by atoms with van der Waals surface area (Å²) >= 11 is 12.0. The molecule has 2 rings (SSSR count). The summed E-state index contributed by atoms with van der Waals surface area (Å²) in [4.78, 5) is 22.6. The molecule has 0 aromatic heterocycles. The first-order valence-electron chi connectivity index (χ1n) is 7.48. The highest BCUT2D eigenvalue weighted by Crippen LogP contribution is 2.32. The first kappa shape index (κ1) is 19.8. The molecule has 0 bridgehead atoms. The Morgan fingerprint density at radius 3 is 2.46 bits per heavy atom. The van der Waals surface area contributed by atoms with Gasteiger partial charge >= 0.3 is 0 Å². The number of non-ortho nitro benzene ring substituents is 1. The molecule has 138 valence electrons. The maximum atomic E-state index is 12.4. The number of amides is 1. The largest absolute Gasteiger partial charge is 0.495 e. The zero-order valence-electron chi connectivity index (χ0n) is 14.2. The Morgan fingerprint density at radius 2 is 1.88 bits per heavy atom. The molecule has 9 heteroatoms. The number of carbonyl (C=O) groups excluding carboxylic acids is 1. The van der Waals surface area contributed by atoms with Crippen LogP contribution in [0.3, 0.4) is 0 Å². The number of nitro groups is 1. The Morgan fingerprint density at radius 1 is 1.19 bits per heavy atom. The van der Waals surface area contributed by atoms with Crippen molar-refractivity contribution in [2.75, 3.05) is 12.4 Å². The minimum Gasteiger partial charge on any atom is -0.495 e. The number of aryl methyl sites for hydroxylation is 1. The molecule has 7 nitrogen and oxygen atoms in total. The molecule has 0 unspecified atom stereocenters. The highest BCUT2D eigenvalue weighted by atomic mass is 35.5. The number of nitrogens with zero attached hydrogens (tertiary/aromatic N) is 1. The summed E-state index contributed by atoms with van der Waals surface area (Å²) in [6.07, 6.45) is -0.908. The molecule has 2 aromatic carbocycles. The fourth-order valence-corrected chi connectivity index (χ4v) is 2.48. The monoisotopic (exact) mass is 398 g/mol. The van der Waals surface area contributed by atoms with Gasteiger partial charge in [0.25, 0.3) is 11.6 Å². The van der Waals surface area contributed by atoms with Crippen LogP contribution in [0.5, 0.6) is 11.5 Å². The molecule has 0 fully saturated rings. The minimum absolute atomic E-state index is 0.0405. The zero-order valence-corrected chi connectivity index (χ0v) is 15.7. The Bertz CT molecular complexity index is 857. The molecule has 0 spiro atoms. The number of hydrogen-bond donors (Lipinski definition) is 1. The Kier molecular flexibility index (Phi) is 6.28. The van der Waals surface area contributed by atoms with E-state index in [0.29, 0.717) is 16.5 Å². The SMILES string of the molecule is COc1cc(Cl)c(C)cc1NC(=O)[C@H](C)Oc1ccc([N+](=O)[O-])cc1Cl. The third-order valence-corrected chi connectivity index (χ3v) is 4.24. The summed E-state index contributed by atoms with van der Waals surface area (Å²) in [5.74, 6) is 0.133. The van der Waals surface area contributed by atoms with Crippen LogP contribution < -0.4 is 14.8 Å². The summed E-state index contributed by atoms with van der Waals surface area (Å²) in [6, 6.07) is 7.04. The summed E-state index contributed by atoms with van der Waals surface area (Å²) < 4.78 is 10.7. The second-order valence-electron chi connectivity index (χ2n) is 5.42. The lowest BCUT2D eigenvalue weighted by molar-refractivity contribution is -0.384. The molecule has 0 heterocycles. The second kappa shape index (κ2) is 8.25. The van der Waals surface area contributed by atoms with E-state index < -0.39 is 16.9 Å². The number of nitrogens with one attached hydrogen (secondary N) is 1. The number of anilines is 1. The molecule has 0 aliphatic heterocycles. The quantitative estimate of drug-likeness (QED) is 0.565.